The maximum absolute atomic E-state index is 11.7. The van der Waals surface area contributed by atoms with E-state index in [9.17, 15) is 8.42 Å². The van der Waals surface area contributed by atoms with Crippen LogP contribution in [-0.2, 0) is 16.4 Å². The van der Waals surface area contributed by atoms with Crippen LogP contribution in [0.25, 0.3) is 11.0 Å². The van der Waals surface area contributed by atoms with E-state index >= 15 is 0 Å². The highest BCUT2D eigenvalue weighted by atomic mass is 32.2. The van der Waals surface area contributed by atoms with Crippen LogP contribution < -0.4 is 0 Å². The molecule has 24 heavy (non-hydrogen) atoms. The lowest BCUT2D eigenvalue weighted by Crippen LogP contribution is -2.50. The molecule has 6 heteroatoms. The number of fused-ring (bicyclic) bond motifs is 1. The summed E-state index contributed by atoms with van der Waals surface area (Å²) in [5.41, 5.74) is 2.24. The van der Waals surface area contributed by atoms with E-state index in [4.69, 9.17) is 4.42 Å². The molecule has 2 aromatic rings. The van der Waals surface area contributed by atoms with Crippen molar-refractivity contribution < 1.29 is 12.8 Å². The third-order valence-electron chi connectivity index (χ3n) is 5.41. The Kier molecular flexibility index (Phi) is 4.14. The van der Waals surface area contributed by atoms with Crippen LogP contribution in [0.15, 0.2) is 28.7 Å². The van der Waals surface area contributed by atoms with Gasteiger partial charge in [-0.05, 0) is 19.4 Å². The van der Waals surface area contributed by atoms with Gasteiger partial charge in [0, 0.05) is 49.7 Å². The second-order valence-electron chi connectivity index (χ2n) is 7.00. The van der Waals surface area contributed by atoms with E-state index in [0.29, 0.717) is 11.5 Å². The highest BCUT2D eigenvalue weighted by Gasteiger charge is 2.33. The molecule has 130 valence electrons. The van der Waals surface area contributed by atoms with Crippen LogP contribution in [0.5, 0.6) is 0 Å². The molecule has 0 amide bonds. The zero-order valence-corrected chi connectivity index (χ0v) is 14.9. The Hall–Kier alpha value is -1.37. The van der Waals surface area contributed by atoms with Gasteiger partial charge < -0.3 is 4.42 Å². The van der Waals surface area contributed by atoms with Gasteiger partial charge in [-0.3, -0.25) is 9.80 Å². The lowest BCUT2D eigenvalue weighted by atomic mass is 10.1. The van der Waals surface area contributed by atoms with Crippen molar-refractivity contribution in [3.8, 4) is 0 Å². The molecule has 0 spiro atoms. The maximum atomic E-state index is 11.7. The quantitative estimate of drug-likeness (QED) is 0.850. The summed E-state index contributed by atoms with van der Waals surface area (Å²) in [6.07, 6.45) is 0.799. The molecule has 0 bridgehead atoms. The third-order valence-corrected chi connectivity index (χ3v) is 7.16. The number of hydrogen-bond donors (Lipinski definition) is 0. The standard InChI is InChI=1S/C18H24N2O3S/c1-14-17(16-4-2-3-5-18(16)23-14)12-19-7-9-20(10-8-19)15-6-11-24(21,22)13-15/h2-5,15H,6-13H2,1H3/t15-/m1/s1. The molecule has 0 saturated carbocycles. The van der Waals surface area contributed by atoms with E-state index in [2.05, 4.69) is 21.9 Å². The lowest BCUT2D eigenvalue weighted by molar-refractivity contribution is 0.1000. The zero-order valence-electron chi connectivity index (χ0n) is 14.1. The minimum atomic E-state index is -2.80. The van der Waals surface area contributed by atoms with Crippen LogP contribution in [0.3, 0.4) is 0 Å². The molecule has 0 radical (unpaired) electrons. The van der Waals surface area contributed by atoms with Crippen molar-refractivity contribution in [2.75, 3.05) is 37.7 Å². The molecular weight excluding hydrogens is 324 g/mol. The van der Waals surface area contributed by atoms with E-state index in [1.807, 2.05) is 19.1 Å². The number of nitrogens with zero attached hydrogens (tertiary/aromatic N) is 2. The Balaban J connectivity index is 1.40. The summed E-state index contributed by atoms with van der Waals surface area (Å²) in [4.78, 5) is 4.81. The van der Waals surface area contributed by atoms with E-state index < -0.39 is 9.84 Å². The average molecular weight is 348 g/mol. The number of aryl methyl sites for hydroxylation is 1. The third kappa shape index (κ3) is 3.10. The van der Waals surface area contributed by atoms with Crippen molar-refractivity contribution in [2.24, 2.45) is 0 Å². The van der Waals surface area contributed by atoms with Crippen molar-refractivity contribution in [2.45, 2.75) is 25.9 Å². The number of furan rings is 1. The van der Waals surface area contributed by atoms with Crippen molar-refractivity contribution in [3.05, 3.63) is 35.6 Å². The summed E-state index contributed by atoms with van der Waals surface area (Å²) in [6, 6.07) is 8.43. The predicted molar refractivity (Wildman–Crippen MR) is 94.9 cm³/mol. The molecule has 2 saturated heterocycles. The van der Waals surface area contributed by atoms with Crippen LogP contribution in [0.1, 0.15) is 17.7 Å². The summed E-state index contributed by atoms with van der Waals surface area (Å²) in [5.74, 6) is 1.71. The number of sulfone groups is 1. The average Bonchev–Trinajstić information content (AvgIpc) is 3.08. The fourth-order valence-corrected chi connectivity index (χ4v) is 5.75. The number of para-hydroxylation sites is 1. The van der Waals surface area contributed by atoms with Gasteiger partial charge in [0.05, 0.1) is 11.5 Å². The van der Waals surface area contributed by atoms with E-state index in [-0.39, 0.29) is 6.04 Å². The largest absolute Gasteiger partial charge is 0.461 e. The van der Waals surface area contributed by atoms with Gasteiger partial charge >= 0.3 is 0 Å². The predicted octanol–water partition coefficient (Wildman–Crippen LogP) is 2.05. The number of piperazine rings is 1. The highest BCUT2D eigenvalue weighted by Crippen LogP contribution is 2.27. The van der Waals surface area contributed by atoms with Crippen molar-refractivity contribution in [1.82, 2.24) is 9.80 Å². The van der Waals surface area contributed by atoms with E-state index in [0.717, 1.165) is 50.5 Å². The molecule has 1 aromatic carbocycles. The van der Waals surface area contributed by atoms with Crippen molar-refractivity contribution in [1.29, 1.82) is 0 Å². The SMILES string of the molecule is Cc1oc2ccccc2c1CN1CCN([C@@H]2CCS(=O)(=O)C2)CC1. The van der Waals surface area contributed by atoms with Gasteiger partial charge in [0.15, 0.2) is 9.84 Å². The molecular formula is C18H24N2O3S. The minimum Gasteiger partial charge on any atom is -0.461 e. The van der Waals surface area contributed by atoms with Crippen molar-refractivity contribution >= 4 is 20.8 Å². The van der Waals surface area contributed by atoms with E-state index in [1.54, 1.807) is 0 Å². The summed E-state index contributed by atoms with van der Waals surface area (Å²) in [7, 11) is -2.80. The van der Waals surface area contributed by atoms with Gasteiger partial charge in [-0.2, -0.15) is 0 Å². The first-order valence-electron chi connectivity index (χ1n) is 8.66. The molecule has 1 aromatic heterocycles. The van der Waals surface area contributed by atoms with Crippen LogP contribution in [0.4, 0.5) is 0 Å². The van der Waals surface area contributed by atoms with Crippen LogP contribution >= 0.6 is 0 Å². The molecule has 1 atom stereocenters. The summed E-state index contributed by atoms with van der Waals surface area (Å²) in [6.45, 7) is 6.81. The van der Waals surface area contributed by atoms with Crippen LogP contribution in [0.2, 0.25) is 0 Å². The number of benzene rings is 1. The number of rotatable bonds is 3. The van der Waals surface area contributed by atoms with Gasteiger partial charge in [-0.1, -0.05) is 18.2 Å². The van der Waals surface area contributed by atoms with Gasteiger partial charge in [0.25, 0.3) is 0 Å². The topological polar surface area (TPSA) is 53.8 Å². The zero-order chi connectivity index (χ0) is 16.7. The Bertz CT molecular complexity index is 835. The molecule has 2 fully saturated rings. The first kappa shape index (κ1) is 16.1. The molecule has 5 nitrogen and oxygen atoms in total. The van der Waals surface area contributed by atoms with Crippen LogP contribution in [0, 0.1) is 6.92 Å². The Labute approximate surface area is 143 Å². The first-order valence-corrected chi connectivity index (χ1v) is 10.5. The molecule has 2 aliphatic rings. The smallest absolute Gasteiger partial charge is 0.151 e. The minimum absolute atomic E-state index is 0.230. The molecule has 0 unspecified atom stereocenters. The molecule has 2 aliphatic heterocycles. The van der Waals surface area contributed by atoms with Gasteiger partial charge in [0.1, 0.15) is 11.3 Å². The van der Waals surface area contributed by atoms with Gasteiger partial charge in [-0.25, -0.2) is 8.42 Å². The second-order valence-corrected chi connectivity index (χ2v) is 9.23. The van der Waals surface area contributed by atoms with Gasteiger partial charge in [-0.15, -0.1) is 0 Å². The monoisotopic (exact) mass is 348 g/mol. The molecule has 3 heterocycles. The summed E-state index contributed by atoms with van der Waals surface area (Å²) >= 11 is 0. The normalized spacial score (nSPS) is 25.5. The van der Waals surface area contributed by atoms with Crippen molar-refractivity contribution in [3.63, 3.8) is 0 Å². The van der Waals surface area contributed by atoms with Gasteiger partial charge in [0.2, 0.25) is 0 Å². The fraction of sp³-hybridized carbons (Fsp3) is 0.556. The lowest BCUT2D eigenvalue weighted by Gasteiger charge is -2.37. The Morgan fingerprint density at radius 1 is 1.17 bits per heavy atom. The molecule has 0 aliphatic carbocycles. The fourth-order valence-electron chi connectivity index (χ4n) is 3.99. The van der Waals surface area contributed by atoms with E-state index in [1.165, 1.54) is 10.9 Å². The molecule has 4 rings (SSSR count). The molecule has 0 N–H and O–H groups in total. The second kappa shape index (κ2) is 6.17. The first-order chi connectivity index (χ1) is 11.5. The highest BCUT2D eigenvalue weighted by molar-refractivity contribution is 7.91. The Morgan fingerprint density at radius 3 is 2.62 bits per heavy atom. The Morgan fingerprint density at radius 2 is 1.92 bits per heavy atom. The van der Waals surface area contributed by atoms with Crippen LogP contribution in [-0.4, -0.2) is 61.9 Å². The maximum Gasteiger partial charge on any atom is 0.151 e. The number of hydrogen-bond acceptors (Lipinski definition) is 5. The summed E-state index contributed by atoms with van der Waals surface area (Å²) < 4.78 is 29.2. The summed E-state index contributed by atoms with van der Waals surface area (Å²) in [5, 5.41) is 1.21.